The third kappa shape index (κ3) is 2.67. The lowest BCUT2D eigenvalue weighted by Crippen LogP contribution is -2.24. The Morgan fingerprint density at radius 2 is 2.35 bits per heavy atom. The molecule has 1 aliphatic rings. The number of hydrogen-bond donors (Lipinski definition) is 1. The highest BCUT2D eigenvalue weighted by atomic mass is 32.2. The molecule has 9 heteroatoms. The molecule has 1 amide bonds. The summed E-state index contributed by atoms with van der Waals surface area (Å²) in [5.41, 5.74) is 2.22. The van der Waals surface area contributed by atoms with Gasteiger partial charge in [-0.25, -0.2) is 4.98 Å². The van der Waals surface area contributed by atoms with E-state index in [0.29, 0.717) is 11.7 Å². The molecular formula is C17H15N5O2S2. The number of nitrogens with zero attached hydrogens (tertiary/aromatic N) is 4. The number of hydrogen-bond acceptors (Lipinski definition) is 7. The van der Waals surface area contributed by atoms with Crippen LogP contribution in [0.2, 0.25) is 0 Å². The lowest BCUT2D eigenvalue weighted by molar-refractivity contribution is -0.118. The zero-order valence-electron chi connectivity index (χ0n) is 13.8. The van der Waals surface area contributed by atoms with E-state index < -0.39 is 0 Å². The number of aromatic nitrogens is 4. The molecule has 5 rings (SSSR count). The van der Waals surface area contributed by atoms with E-state index in [-0.39, 0.29) is 11.7 Å². The third-order valence-corrected chi connectivity index (χ3v) is 6.60. The normalized spacial score (nSPS) is 13.5. The summed E-state index contributed by atoms with van der Waals surface area (Å²) in [4.78, 5) is 19.1. The van der Waals surface area contributed by atoms with Crippen molar-refractivity contribution in [2.24, 2.45) is 0 Å². The van der Waals surface area contributed by atoms with Gasteiger partial charge in [0.05, 0.1) is 23.9 Å². The molecule has 0 saturated heterocycles. The fourth-order valence-corrected chi connectivity index (χ4v) is 5.21. The average molecular weight is 385 g/mol. The predicted molar refractivity (Wildman–Crippen MR) is 99.5 cm³/mol. The Hall–Kier alpha value is -2.39. The summed E-state index contributed by atoms with van der Waals surface area (Å²) in [6.07, 6.45) is 6.76. The summed E-state index contributed by atoms with van der Waals surface area (Å²) >= 11 is 3.12. The summed E-state index contributed by atoms with van der Waals surface area (Å²) < 4.78 is 7.09. The fraction of sp³-hybridized carbons (Fsp3) is 0.294. The minimum Gasteiger partial charge on any atom is -0.467 e. The molecule has 0 aliphatic heterocycles. The van der Waals surface area contributed by atoms with Crippen molar-refractivity contribution < 1.29 is 9.21 Å². The van der Waals surface area contributed by atoms with Crippen LogP contribution < -0.4 is 5.32 Å². The summed E-state index contributed by atoms with van der Waals surface area (Å²) in [5, 5.41) is 13.3. The van der Waals surface area contributed by atoms with Gasteiger partial charge in [0.1, 0.15) is 16.9 Å². The van der Waals surface area contributed by atoms with Crippen LogP contribution in [0.25, 0.3) is 15.9 Å². The predicted octanol–water partition coefficient (Wildman–Crippen LogP) is 2.83. The van der Waals surface area contributed by atoms with Crippen LogP contribution in [-0.2, 0) is 24.2 Å². The van der Waals surface area contributed by atoms with Crippen LogP contribution in [0.15, 0.2) is 34.3 Å². The summed E-state index contributed by atoms with van der Waals surface area (Å²) in [7, 11) is 0. The maximum absolute atomic E-state index is 12.0. The van der Waals surface area contributed by atoms with Crippen molar-refractivity contribution in [1.82, 2.24) is 24.9 Å². The van der Waals surface area contributed by atoms with Crippen LogP contribution in [-0.4, -0.2) is 31.2 Å². The molecule has 0 unspecified atom stereocenters. The summed E-state index contributed by atoms with van der Waals surface area (Å²) in [6.45, 7) is 0.385. The molecule has 1 aliphatic carbocycles. The number of fused-ring (bicyclic) bond motifs is 5. The first-order valence-electron chi connectivity index (χ1n) is 8.35. The van der Waals surface area contributed by atoms with Gasteiger partial charge in [-0.2, -0.15) is 0 Å². The van der Waals surface area contributed by atoms with Gasteiger partial charge < -0.3 is 9.73 Å². The van der Waals surface area contributed by atoms with Gasteiger partial charge in [0.15, 0.2) is 10.8 Å². The van der Waals surface area contributed by atoms with Crippen molar-refractivity contribution in [3.63, 3.8) is 0 Å². The zero-order chi connectivity index (χ0) is 17.5. The molecule has 7 nitrogen and oxygen atoms in total. The molecule has 132 valence electrons. The van der Waals surface area contributed by atoms with Crippen molar-refractivity contribution in [1.29, 1.82) is 0 Å². The third-order valence-electron chi connectivity index (χ3n) is 4.45. The zero-order valence-corrected chi connectivity index (χ0v) is 15.4. The number of furan rings is 1. The first-order chi connectivity index (χ1) is 12.8. The lowest BCUT2D eigenvalue weighted by atomic mass is 10.2. The van der Waals surface area contributed by atoms with Gasteiger partial charge in [-0.15, -0.1) is 21.5 Å². The van der Waals surface area contributed by atoms with E-state index in [1.165, 1.54) is 28.6 Å². The highest BCUT2D eigenvalue weighted by molar-refractivity contribution is 7.99. The lowest BCUT2D eigenvalue weighted by Gasteiger charge is -2.03. The Kier molecular flexibility index (Phi) is 3.90. The molecule has 4 aromatic rings. The molecule has 0 fully saturated rings. The molecule has 26 heavy (non-hydrogen) atoms. The second-order valence-corrected chi connectivity index (χ2v) is 8.13. The SMILES string of the molecule is O=C(CSc1nnc2c3c4c(sc3ncn12)CCC4)NCc1ccco1. The van der Waals surface area contributed by atoms with Crippen LogP contribution in [0.3, 0.4) is 0 Å². The van der Waals surface area contributed by atoms with E-state index in [9.17, 15) is 4.79 Å². The van der Waals surface area contributed by atoms with E-state index in [4.69, 9.17) is 4.42 Å². The Balaban J connectivity index is 1.35. The Bertz CT molecular complexity index is 1100. The van der Waals surface area contributed by atoms with Crippen LogP contribution in [0.1, 0.15) is 22.6 Å². The second kappa shape index (κ2) is 6.40. The molecule has 4 heterocycles. The first-order valence-corrected chi connectivity index (χ1v) is 10.2. The maximum atomic E-state index is 12.0. The molecular weight excluding hydrogens is 370 g/mol. The Morgan fingerprint density at radius 1 is 1.38 bits per heavy atom. The number of carbonyl (C=O) groups excluding carboxylic acids is 1. The van der Waals surface area contributed by atoms with Crippen molar-refractivity contribution in [2.75, 3.05) is 5.75 Å². The van der Waals surface area contributed by atoms with Gasteiger partial charge >= 0.3 is 0 Å². The quantitative estimate of drug-likeness (QED) is 0.532. The molecule has 4 aromatic heterocycles. The number of thioether (sulfide) groups is 1. The smallest absolute Gasteiger partial charge is 0.230 e. The Labute approximate surface area is 156 Å². The highest BCUT2D eigenvalue weighted by Crippen LogP contribution is 2.38. The molecule has 0 bridgehead atoms. The van der Waals surface area contributed by atoms with Crippen LogP contribution in [0.4, 0.5) is 0 Å². The van der Waals surface area contributed by atoms with E-state index >= 15 is 0 Å². The molecule has 0 saturated carbocycles. The van der Waals surface area contributed by atoms with Crippen molar-refractivity contribution >= 4 is 44.9 Å². The van der Waals surface area contributed by atoms with Gasteiger partial charge in [0, 0.05) is 4.88 Å². The first kappa shape index (κ1) is 15.8. The number of amides is 1. The minimum atomic E-state index is -0.0754. The molecule has 0 spiro atoms. The number of aryl methyl sites for hydroxylation is 2. The van der Waals surface area contributed by atoms with Crippen LogP contribution >= 0.6 is 23.1 Å². The van der Waals surface area contributed by atoms with Gasteiger partial charge in [0.2, 0.25) is 5.91 Å². The topological polar surface area (TPSA) is 85.3 Å². The Morgan fingerprint density at radius 3 is 3.23 bits per heavy atom. The molecule has 0 atom stereocenters. The fourth-order valence-electron chi connectivity index (χ4n) is 3.25. The van der Waals surface area contributed by atoms with Gasteiger partial charge in [0.25, 0.3) is 0 Å². The van der Waals surface area contributed by atoms with E-state index in [0.717, 1.165) is 34.5 Å². The standard InChI is InChI=1S/C17H15N5O2S2/c23-13(18-7-10-3-2-6-24-10)8-25-17-21-20-15-14-11-4-1-5-12(11)26-16(14)19-9-22(15)17/h2-3,6,9H,1,4-5,7-8H2,(H,18,23). The summed E-state index contributed by atoms with van der Waals surface area (Å²) in [6, 6.07) is 3.63. The number of nitrogens with one attached hydrogen (secondary N) is 1. The van der Waals surface area contributed by atoms with E-state index in [2.05, 4.69) is 20.5 Å². The monoisotopic (exact) mass is 385 g/mol. The van der Waals surface area contributed by atoms with Crippen LogP contribution in [0, 0.1) is 0 Å². The van der Waals surface area contributed by atoms with Crippen molar-refractivity contribution in [3.8, 4) is 0 Å². The minimum absolute atomic E-state index is 0.0754. The van der Waals surface area contributed by atoms with Gasteiger partial charge in [-0.05, 0) is 37.0 Å². The molecule has 0 aromatic carbocycles. The van der Waals surface area contributed by atoms with Crippen LogP contribution in [0.5, 0.6) is 0 Å². The van der Waals surface area contributed by atoms with Crippen molar-refractivity contribution in [2.45, 2.75) is 31.0 Å². The number of rotatable bonds is 5. The van der Waals surface area contributed by atoms with E-state index in [1.54, 1.807) is 30.0 Å². The van der Waals surface area contributed by atoms with Crippen molar-refractivity contribution in [3.05, 3.63) is 40.9 Å². The number of carbonyl (C=O) groups is 1. The maximum Gasteiger partial charge on any atom is 0.230 e. The van der Waals surface area contributed by atoms with Gasteiger partial charge in [-0.1, -0.05) is 11.8 Å². The highest BCUT2D eigenvalue weighted by Gasteiger charge is 2.22. The molecule has 1 N–H and O–H groups in total. The number of thiophene rings is 1. The van der Waals surface area contributed by atoms with Gasteiger partial charge in [-0.3, -0.25) is 9.20 Å². The largest absolute Gasteiger partial charge is 0.467 e. The molecule has 0 radical (unpaired) electrons. The average Bonchev–Trinajstić information content (AvgIpc) is 3.40. The summed E-state index contributed by atoms with van der Waals surface area (Å²) in [5.74, 6) is 0.921. The van der Waals surface area contributed by atoms with E-state index in [1.807, 2.05) is 10.5 Å². The second-order valence-electron chi connectivity index (χ2n) is 6.10.